The Bertz CT molecular complexity index is 852. The largest absolute Gasteiger partial charge is 0.475 e. The van der Waals surface area contributed by atoms with Crippen molar-refractivity contribution < 1.29 is 14.0 Å². The van der Waals surface area contributed by atoms with Crippen LogP contribution in [0.4, 0.5) is 0 Å². The Morgan fingerprint density at radius 1 is 1.33 bits per heavy atom. The fourth-order valence-electron chi connectivity index (χ4n) is 3.24. The van der Waals surface area contributed by atoms with E-state index in [0.717, 1.165) is 31.5 Å². The molecule has 1 saturated heterocycles. The maximum Gasteiger partial charge on any atom is 0.244 e. The Kier molecular flexibility index (Phi) is 5.76. The maximum atomic E-state index is 5.61. The molecule has 0 amide bonds. The normalized spacial score (nSPS) is 17.4. The lowest BCUT2D eigenvalue weighted by Crippen LogP contribution is -2.22. The minimum atomic E-state index is 0.174. The highest BCUT2D eigenvalue weighted by molar-refractivity contribution is 7.09. The van der Waals surface area contributed by atoms with E-state index in [-0.39, 0.29) is 6.04 Å². The predicted molar refractivity (Wildman–Crippen MR) is 102 cm³/mol. The Balaban J connectivity index is 1.47. The summed E-state index contributed by atoms with van der Waals surface area (Å²) in [6, 6.07) is 8.11. The average molecular weight is 386 g/mol. The maximum absolute atomic E-state index is 5.61. The molecule has 4 heterocycles. The van der Waals surface area contributed by atoms with Gasteiger partial charge in [0.25, 0.3) is 0 Å². The Labute approximate surface area is 161 Å². The standard InChI is InChI=1S/C19H22N4O3S/c1-24-9-10-25-17-12-14(6-7-20-17)18-21-19(26-22-18)16-5-2-8-23(16)13-15-4-3-11-27-15/h3-4,6-7,11-12,16H,2,5,8-10,13H2,1H3. The van der Waals surface area contributed by atoms with E-state index in [4.69, 9.17) is 14.0 Å². The molecule has 3 aromatic heterocycles. The van der Waals surface area contributed by atoms with Crippen molar-refractivity contribution in [1.29, 1.82) is 0 Å². The first-order chi connectivity index (χ1) is 13.3. The average Bonchev–Trinajstić information content (AvgIpc) is 3.44. The number of hydrogen-bond donors (Lipinski definition) is 0. The summed E-state index contributed by atoms with van der Waals surface area (Å²) in [4.78, 5) is 12.6. The molecule has 0 aliphatic carbocycles. The number of hydrogen-bond acceptors (Lipinski definition) is 8. The van der Waals surface area contributed by atoms with Crippen LogP contribution in [0.25, 0.3) is 11.4 Å². The van der Waals surface area contributed by atoms with Crippen LogP contribution in [0, 0.1) is 0 Å². The van der Waals surface area contributed by atoms with Crippen LogP contribution in [0.5, 0.6) is 5.88 Å². The van der Waals surface area contributed by atoms with Gasteiger partial charge in [0.2, 0.25) is 17.6 Å². The van der Waals surface area contributed by atoms with Crippen LogP contribution >= 0.6 is 11.3 Å². The molecule has 8 heteroatoms. The molecule has 0 bridgehead atoms. The fraction of sp³-hybridized carbons (Fsp3) is 0.421. The molecular formula is C19H22N4O3S. The number of thiophene rings is 1. The van der Waals surface area contributed by atoms with Gasteiger partial charge in [-0.25, -0.2) is 4.98 Å². The van der Waals surface area contributed by atoms with E-state index in [1.165, 1.54) is 4.88 Å². The smallest absolute Gasteiger partial charge is 0.244 e. The van der Waals surface area contributed by atoms with Gasteiger partial charge < -0.3 is 14.0 Å². The monoisotopic (exact) mass is 386 g/mol. The van der Waals surface area contributed by atoms with E-state index in [0.29, 0.717) is 30.8 Å². The molecule has 142 valence electrons. The number of rotatable bonds is 8. The van der Waals surface area contributed by atoms with Crippen LogP contribution in [-0.2, 0) is 11.3 Å². The third-order valence-electron chi connectivity index (χ3n) is 4.56. The van der Waals surface area contributed by atoms with Gasteiger partial charge in [-0.3, -0.25) is 4.90 Å². The molecule has 7 nitrogen and oxygen atoms in total. The quantitative estimate of drug-likeness (QED) is 0.548. The van der Waals surface area contributed by atoms with Crippen LogP contribution in [0.3, 0.4) is 0 Å². The number of aromatic nitrogens is 3. The minimum absolute atomic E-state index is 0.174. The van der Waals surface area contributed by atoms with Gasteiger partial charge in [0.15, 0.2) is 0 Å². The van der Waals surface area contributed by atoms with Crippen LogP contribution in [0.1, 0.15) is 29.7 Å². The van der Waals surface area contributed by atoms with Crippen LogP contribution in [-0.4, -0.2) is 46.9 Å². The van der Waals surface area contributed by atoms with Crippen molar-refractivity contribution in [2.45, 2.75) is 25.4 Å². The Hall–Kier alpha value is -2.29. The molecule has 27 heavy (non-hydrogen) atoms. The van der Waals surface area contributed by atoms with Crippen molar-refractivity contribution in [3.05, 3.63) is 46.6 Å². The SMILES string of the molecule is COCCOc1cc(-c2noc(C3CCCN3Cc3cccs3)n2)ccn1. The number of ether oxygens (including phenoxy) is 2. The molecule has 1 atom stereocenters. The summed E-state index contributed by atoms with van der Waals surface area (Å²) in [6.07, 6.45) is 3.86. The van der Waals surface area contributed by atoms with Gasteiger partial charge >= 0.3 is 0 Å². The van der Waals surface area contributed by atoms with Gasteiger partial charge in [0, 0.05) is 36.4 Å². The molecule has 1 aliphatic heterocycles. The highest BCUT2D eigenvalue weighted by Crippen LogP contribution is 2.34. The first kappa shape index (κ1) is 18.1. The van der Waals surface area contributed by atoms with Crippen molar-refractivity contribution in [3.8, 4) is 17.3 Å². The molecule has 0 N–H and O–H groups in total. The summed E-state index contributed by atoms with van der Waals surface area (Å²) in [7, 11) is 1.64. The number of pyridine rings is 1. The van der Waals surface area contributed by atoms with Crippen molar-refractivity contribution in [1.82, 2.24) is 20.0 Å². The van der Waals surface area contributed by atoms with Crippen molar-refractivity contribution in [2.24, 2.45) is 0 Å². The van der Waals surface area contributed by atoms with Gasteiger partial charge in [0.05, 0.1) is 12.6 Å². The van der Waals surface area contributed by atoms with E-state index < -0.39 is 0 Å². The molecule has 1 unspecified atom stereocenters. The zero-order chi connectivity index (χ0) is 18.5. The van der Waals surface area contributed by atoms with Crippen molar-refractivity contribution in [3.63, 3.8) is 0 Å². The lowest BCUT2D eigenvalue weighted by molar-refractivity contribution is 0.144. The molecule has 1 aliphatic rings. The molecule has 0 saturated carbocycles. The number of nitrogens with zero attached hydrogens (tertiary/aromatic N) is 4. The van der Waals surface area contributed by atoms with Crippen LogP contribution in [0.2, 0.25) is 0 Å². The number of methoxy groups -OCH3 is 1. The van der Waals surface area contributed by atoms with Gasteiger partial charge in [-0.1, -0.05) is 11.2 Å². The first-order valence-electron chi connectivity index (χ1n) is 9.01. The van der Waals surface area contributed by atoms with Crippen LogP contribution < -0.4 is 4.74 Å². The fourth-order valence-corrected chi connectivity index (χ4v) is 3.97. The molecule has 4 rings (SSSR count). The predicted octanol–water partition coefficient (Wildman–Crippen LogP) is 3.56. The highest BCUT2D eigenvalue weighted by atomic mass is 32.1. The topological polar surface area (TPSA) is 73.5 Å². The molecule has 1 fully saturated rings. The summed E-state index contributed by atoms with van der Waals surface area (Å²) in [5.74, 6) is 1.76. The lowest BCUT2D eigenvalue weighted by Gasteiger charge is -2.20. The van der Waals surface area contributed by atoms with Gasteiger partial charge in [0.1, 0.15) is 6.61 Å². The van der Waals surface area contributed by atoms with E-state index in [1.807, 2.05) is 12.1 Å². The highest BCUT2D eigenvalue weighted by Gasteiger charge is 2.31. The van der Waals surface area contributed by atoms with E-state index in [9.17, 15) is 0 Å². The van der Waals surface area contributed by atoms with Crippen LogP contribution in [0.15, 0.2) is 40.4 Å². The Morgan fingerprint density at radius 3 is 3.15 bits per heavy atom. The second kappa shape index (κ2) is 8.60. The van der Waals surface area contributed by atoms with E-state index >= 15 is 0 Å². The Morgan fingerprint density at radius 2 is 2.30 bits per heavy atom. The third-order valence-corrected chi connectivity index (χ3v) is 5.42. The summed E-state index contributed by atoms with van der Waals surface area (Å²) in [5.41, 5.74) is 0.829. The molecule has 3 aromatic rings. The summed E-state index contributed by atoms with van der Waals surface area (Å²) in [5, 5.41) is 6.29. The third kappa shape index (κ3) is 4.35. The van der Waals surface area contributed by atoms with Gasteiger partial charge in [-0.2, -0.15) is 4.98 Å². The lowest BCUT2D eigenvalue weighted by atomic mass is 10.2. The summed E-state index contributed by atoms with van der Waals surface area (Å²) in [6.45, 7) is 2.93. The molecule has 0 spiro atoms. The van der Waals surface area contributed by atoms with E-state index in [1.54, 1.807) is 24.6 Å². The van der Waals surface area contributed by atoms with Crippen molar-refractivity contribution >= 4 is 11.3 Å². The minimum Gasteiger partial charge on any atom is -0.475 e. The molecular weight excluding hydrogens is 364 g/mol. The van der Waals surface area contributed by atoms with E-state index in [2.05, 4.69) is 37.5 Å². The van der Waals surface area contributed by atoms with Crippen molar-refractivity contribution in [2.75, 3.05) is 26.9 Å². The molecule has 0 aromatic carbocycles. The summed E-state index contributed by atoms with van der Waals surface area (Å²) >= 11 is 1.78. The second-order valence-corrected chi connectivity index (χ2v) is 7.42. The molecule has 0 radical (unpaired) electrons. The first-order valence-corrected chi connectivity index (χ1v) is 9.89. The second-order valence-electron chi connectivity index (χ2n) is 6.39. The summed E-state index contributed by atoms with van der Waals surface area (Å²) < 4.78 is 16.2. The zero-order valence-electron chi connectivity index (χ0n) is 15.2. The number of likely N-dealkylation sites (tertiary alicyclic amines) is 1. The van der Waals surface area contributed by atoms with Gasteiger partial charge in [-0.15, -0.1) is 11.3 Å². The van der Waals surface area contributed by atoms with Gasteiger partial charge in [-0.05, 0) is 36.9 Å². The zero-order valence-corrected chi connectivity index (χ0v) is 16.0.